The molecule has 0 saturated carbocycles. The Hall–Kier alpha value is -2.02. The summed E-state index contributed by atoms with van der Waals surface area (Å²) in [5.41, 5.74) is 4.58. The molecule has 1 heterocycles. The average Bonchev–Trinajstić information content (AvgIpc) is 2.62. The van der Waals surface area contributed by atoms with E-state index in [-0.39, 0.29) is 18.4 Å². The number of hydrogen-bond donors (Lipinski definition) is 2. The van der Waals surface area contributed by atoms with E-state index in [2.05, 4.69) is 0 Å². The Morgan fingerprint density at radius 3 is 2.22 bits per heavy atom. The van der Waals surface area contributed by atoms with Gasteiger partial charge in [-0.25, -0.2) is 8.78 Å². The average molecular weight is 395 g/mol. The van der Waals surface area contributed by atoms with Gasteiger partial charge in [0.15, 0.2) is 0 Å². The van der Waals surface area contributed by atoms with Crippen molar-refractivity contribution in [2.45, 2.75) is 30.9 Å². The minimum atomic E-state index is -1.60. The molecule has 3 rings (SSSR count). The van der Waals surface area contributed by atoms with Gasteiger partial charge in [-0.1, -0.05) is 29.8 Å². The van der Waals surface area contributed by atoms with Gasteiger partial charge < -0.3 is 10.8 Å². The fourth-order valence-corrected chi connectivity index (χ4v) is 3.78. The van der Waals surface area contributed by atoms with Gasteiger partial charge >= 0.3 is 0 Å². The van der Waals surface area contributed by atoms with Crippen molar-refractivity contribution in [2.75, 3.05) is 13.1 Å². The van der Waals surface area contributed by atoms with E-state index in [1.807, 2.05) is 17.0 Å². The number of halogens is 3. The van der Waals surface area contributed by atoms with E-state index in [0.717, 1.165) is 17.7 Å². The molecule has 2 aromatic carbocycles. The quantitative estimate of drug-likeness (QED) is 0.819. The van der Waals surface area contributed by atoms with Gasteiger partial charge in [0.05, 0.1) is 17.2 Å². The van der Waals surface area contributed by atoms with Crippen molar-refractivity contribution in [1.29, 1.82) is 0 Å². The summed E-state index contributed by atoms with van der Waals surface area (Å²) in [5, 5.41) is 11.4. The maximum atomic E-state index is 14.1. The third kappa shape index (κ3) is 4.29. The van der Waals surface area contributed by atoms with Crippen LogP contribution in [0, 0.1) is 11.6 Å². The highest BCUT2D eigenvalue weighted by Crippen LogP contribution is 2.36. The van der Waals surface area contributed by atoms with Gasteiger partial charge in [0, 0.05) is 18.1 Å². The van der Waals surface area contributed by atoms with Crippen molar-refractivity contribution in [3.8, 4) is 0 Å². The lowest BCUT2D eigenvalue weighted by Crippen LogP contribution is -2.52. The summed E-state index contributed by atoms with van der Waals surface area (Å²) in [7, 11) is 0. The van der Waals surface area contributed by atoms with Crippen molar-refractivity contribution in [1.82, 2.24) is 4.90 Å². The van der Waals surface area contributed by atoms with E-state index in [9.17, 15) is 18.7 Å². The van der Waals surface area contributed by atoms with Crippen molar-refractivity contribution >= 4 is 17.5 Å². The zero-order valence-corrected chi connectivity index (χ0v) is 15.4. The Morgan fingerprint density at radius 1 is 1.15 bits per heavy atom. The van der Waals surface area contributed by atoms with E-state index >= 15 is 0 Å². The normalized spacial score (nSPS) is 18.2. The summed E-state index contributed by atoms with van der Waals surface area (Å²) in [4.78, 5) is 13.8. The lowest BCUT2D eigenvalue weighted by atomic mass is 9.83. The Balaban J connectivity index is 1.74. The molecule has 1 fully saturated rings. The van der Waals surface area contributed by atoms with E-state index in [1.54, 1.807) is 12.1 Å². The van der Waals surface area contributed by atoms with E-state index in [4.69, 9.17) is 17.3 Å². The Labute approximate surface area is 161 Å². The van der Waals surface area contributed by atoms with Gasteiger partial charge in [0.2, 0.25) is 5.91 Å². The number of carbonyl (C=O) groups is 1. The van der Waals surface area contributed by atoms with Gasteiger partial charge in [-0.05, 0) is 49.1 Å². The standard InChI is InChI=1S/C20H21ClF2N2O2/c21-14-6-4-13(5-7-14)12-17(19(24)26)25-10-8-20(27,9-11-25)18-15(22)2-1-3-16(18)23/h1-7,17,27H,8-12H2,(H2,24,26)/t17-/m0/s1. The molecule has 0 aromatic heterocycles. The number of primary amides is 1. The minimum absolute atomic E-state index is 0.106. The fraction of sp³-hybridized carbons (Fsp3) is 0.350. The predicted octanol–water partition coefficient (Wildman–Crippen LogP) is 3.00. The monoisotopic (exact) mass is 394 g/mol. The number of likely N-dealkylation sites (tertiary alicyclic amines) is 1. The van der Waals surface area contributed by atoms with E-state index < -0.39 is 29.2 Å². The van der Waals surface area contributed by atoms with Crippen LogP contribution in [0.15, 0.2) is 42.5 Å². The molecule has 27 heavy (non-hydrogen) atoms. The van der Waals surface area contributed by atoms with Crippen LogP contribution < -0.4 is 5.73 Å². The number of rotatable bonds is 5. The summed E-state index contributed by atoms with van der Waals surface area (Å²) >= 11 is 5.88. The van der Waals surface area contributed by atoms with Gasteiger partial charge in [-0.3, -0.25) is 9.69 Å². The predicted molar refractivity (Wildman–Crippen MR) is 99.2 cm³/mol. The first kappa shape index (κ1) is 19.7. The molecule has 0 radical (unpaired) electrons. The molecule has 3 N–H and O–H groups in total. The Bertz CT molecular complexity index is 801. The van der Waals surface area contributed by atoms with E-state index in [0.29, 0.717) is 24.5 Å². The largest absolute Gasteiger partial charge is 0.385 e. The molecule has 2 aromatic rings. The molecular formula is C20H21ClF2N2O2. The van der Waals surface area contributed by atoms with Crippen LogP contribution in [0.25, 0.3) is 0 Å². The molecule has 1 aliphatic heterocycles. The number of piperidine rings is 1. The van der Waals surface area contributed by atoms with Crippen molar-refractivity contribution in [3.63, 3.8) is 0 Å². The van der Waals surface area contributed by atoms with E-state index in [1.165, 1.54) is 6.07 Å². The highest BCUT2D eigenvalue weighted by Gasteiger charge is 2.40. The number of benzene rings is 2. The number of carbonyl (C=O) groups excluding carboxylic acids is 1. The van der Waals surface area contributed by atoms with Crippen molar-refractivity contribution in [3.05, 3.63) is 70.2 Å². The minimum Gasteiger partial charge on any atom is -0.385 e. The molecule has 0 spiro atoms. The number of nitrogens with zero attached hydrogens (tertiary/aromatic N) is 1. The maximum Gasteiger partial charge on any atom is 0.235 e. The lowest BCUT2D eigenvalue weighted by molar-refractivity contribution is -0.125. The van der Waals surface area contributed by atoms with Gasteiger partial charge in [-0.15, -0.1) is 0 Å². The highest BCUT2D eigenvalue weighted by molar-refractivity contribution is 6.30. The third-order valence-electron chi connectivity index (χ3n) is 5.16. The molecule has 4 nitrogen and oxygen atoms in total. The first-order valence-corrected chi connectivity index (χ1v) is 9.12. The van der Waals surface area contributed by atoms with Gasteiger partial charge in [0.1, 0.15) is 11.6 Å². The molecule has 1 amide bonds. The summed E-state index contributed by atoms with van der Waals surface area (Å²) < 4.78 is 28.2. The second-order valence-electron chi connectivity index (χ2n) is 6.91. The SMILES string of the molecule is NC(=O)[C@H](Cc1ccc(Cl)cc1)N1CCC(O)(c2c(F)cccc2F)CC1. The number of amides is 1. The Kier molecular flexibility index (Phi) is 5.79. The van der Waals surface area contributed by atoms with Crippen molar-refractivity contribution < 1.29 is 18.7 Å². The molecule has 0 aliphatic carbocycles. The third-order valence-corrected chi connectivity index (χ3v) is 5.42. The molecule has 1 saturated heterocycles. The van der Waals surface area contributed by atoms with Gasteiger partial charge in [-0.2, -0.15) is 0 Å². The fourth-order valence-electron chi connectivity index (χ4n) is 3.65. The molecule has 0 unspecified atom stereocenters. The van der Waals surface area contributed by atoms with Crippen LogP contribution in [0.4, 0.5) is 8.78 Å². The highest BCUT2D eigenvalue weighted by atomic mass is 35.5. The summed E-state index contributed by atoms with van der Waals surface area (Å²) in [6.45, 7) is 0.594. The Morgan fingerprint density at radius 2 is 1.70 bits per heavy atom. The first-order valence-electron chi connectivity index (χ1n) is 8.75. The zero-order valence-electron chi connectivity index (χ0n) is 14.7. The number of aliphatic hydroxyl groups is 1. The van der Waals surface area contributed by atoms with Crippen LogP contribution in [0.3, 0.4) is 0 Å². The maximum absolute atomic E-state index is 14.1. The van der Waals surface area contributed by atoms with Crippen molar-refractivity contribution in [2.24, 2.45) is 5.73 Å². The first-order chi connectivity index (χ1) is 12.8. The number of nitrogens with two attached hydrogens (primary N) is 1. The number of hydrogen-bond acceptors (Lipinski definition) is 3. The molecule has 144 valence electrons. The van der Waals surface area contributed by atoms with Crippen LogP contribution in [-0.2, 0) is 16.8 Å². The zero-order chi connectivity index (χ0) is 19.6. The topological polar surface area (TPSA) is 66.6 Å². The summed E-state index contributed by atoms with van der Waals surface area (Å²) in [5.74, 6) is -2.01. The molecule has 1 aliphatic rings. The van der Waals surface area contributed by atoms with Crippen LogP contribution in [-0.4, -0.2) is 35.0 Å². The van der Waals surface area contributed by atoms with Crippen LogP contribution in [0.5, 0.6) is 0 Å². The van der Waals surface area contributed by atoms with Crippen LogP contribution in [0.2, 0.25) is 5.02 Å². The molecule has 0 bridgehead atoms. The van der Waals surface area contributed by atoms with Crippen LogP contribution >= 0.6 is 11.6 Å². The smallest absolute Gasteiger partial charge is 0.235 e. The van der Waals surface area contributed by atoms with Crippen LogP contribution in [0.1, 0.15) is 24.0 Å². The molecule has 1 atom stereocenters. The lowest BCUT2D eigenvalue weighted by Gasteiger charge is -2.41. The second-order valence-corrected chi connectivity index (χ2v) is 7.35. The van der Waals surface area contributed by atoms with Gasteiger partial charge in [0.25, 0.3) is 0 Å². The second kappa shape index (κ2) is 7.92. The molecule has 7 heteroatoms. The summed E-state index contributed by atoms with van der Waals surface area (Å²) in [6, 6.07) is 10.1. The summed E-state index contributed by atoms with van der Waals surface area (Å²) in [6.07, 6.45) is 0.615. The molecular weight excluding hydrogens is 374 g/mol.